The van der Waals surface area contributed by atoms with Gasteiger partial charge in [0.05, 0.1) is 0 Å². The molecule has 0 spiro atoms. The molecule has 23 heavy (non-hydrogen) atoms. The number of rotatable bonds is 5. The van der Waals surface area contributed by atoms with E-state index in [0.29, 0.717) is 0 Å². The Hall–Kier alpha value is -2.19. The first-order valence-corrected chi connectivity index (χ1v) is 8.53. The van der Waals surface area contributed by atoms with E-state index in [1.165, 1.54) is 18.4 Å². The summed E-state index contributed by atoms with van der Waals surface area (Å²) in [4.78, 5) is 23.5. The standard InChI is InChI=1S/C15H19N3O4S/c1-4-18(10-12-8-6-5-7-9-12)23(21,22)13-11-16(2)15(20)17(3)14(13)19/h5-9,11H,4,10H2,1-3H3. The number of benzene rings is 1. The van der Waals surface area contributed by atoms with Crippen LogP contribution in [0.1, 0.15) is 12.5 Å². The highest BCUT2D eigenvalue weighted by atomic mass is 32.2. The van der Waals surface area contributed by atoms with Crippen LogP contribution in [0.2, 0.25) is 0 Å². The van der Waals surface area contributed by atoms with E-state index in [4.69, 9.17) is 0 Å². The third-order valence-electron chi connectivity index (χ3n) is 3.59. The first-order chi connectivity index (χ1) is 10.8. The van der Waals surface area contributed by atoms with E-state index in [1.54, 1.807) is 6.92 Å². The second kappa shape index (κ2) is 6.51. The van der Waals surface area contributed by atoms with Crippen LogP contribution in [0, 0.1) is 0 Å². The number of hydrogen-bond acceptors (Lipinski definition) is 4. The van der Waals surface area contributed by atoms with Crippen molar-refractivity contribution in [1.29, 1.82) is 0 Å². The van der Waals surface area contributed by atoms with Gasteiger partial charge in [0, 0.05) is 33.4 Å². The van der Waals surface area contributed by atoms with Crippen LogP contribution in [-0.2, 0) is 30.7 Å². The molecule has 124 valence electrons. The molecule has 0 amide bonds. The number of hydrogen-bond donors (Lipinski definition) is 0. The van der Waals surface area contributed by atoms with Crippen molar-refractivity contribution < 1.29 is 8.42 Å². The van der Waals surface area contributed by atoms with Crippen LogP contribution in [-0.4, -0.2) is 28.4 Å². The molecule has 0 N–H and O–H groups in total. The maximum Gasteiger partial charge on any atom is 0.330 e. The molecule has 1 heterocycles. The van der Waals surface area contributed by atoms with Gasteiger partial charge >= 0.3 is 5.69 Å². The van der Waals surface area contributed by atoms with Gasteiger partial charge in [0.15, 0.2) is 4.90 Å². The summed E-state index contributed by atoms with van der Waals surface area (Å²) in [6, 6.07) is 9.12. The van der Waals surface area contributed by atoms with Crippen LogP contribution in [0.25, 0.3) is 0 Å². The Morgan fingerprint density at radius 1 is 1.09 bits per heavy atom. The molecule has 0 aliphatic heterocycles. The summed E-state index contributed by atoms with van der Waals surface area (Å²) in [5.41, 5.74) is -0.570. The van der Waals surface area contributed by atoms with E-state index < -0.39 is 26.2 Å². The monoisotopic (exact) mass is 337 g/mol. The summed E-state index contributed by atoms with van der Waals surface area (Å²) in [5.74, 6) is 0. The van der Waals surface area contributed by atoms with Crippen molar-refractivity contribution in [2.45, 2.75) is 18.4 Å². The minimum absolute atomic E-state index is 0.158. The molecule has 8 heteroatoms. The largest absolute Gasteiger partial charge is 0.330 e. The predicted octanol–water partition coefficient (Wildman–Crippen LogP) is 0.295. The maximum absolute atomic E-state index is 12.8. The van der Waals surface area contributed by atoms with Crippen molar-refractivity contribution in [3.8, 4) is 0 Å². The van der Waals surface area contributed by atoms with Crippen LogP contribution >= 0.6 is 0 Å². The highest BCUT2D eigenvalue weighted by Crippen LogP contribution is 2.14. The first-order valence-electron chi connectivity index (χ1n) is 7.09. The van der Waals surface area contributed by atoms with E-state index in [2.05, 4.69) is 0 Å². The summed E-state index contributed by atoms with van der Waals surface area (Å²) in [6.45, 7) is 2.07. The fourth-order valence-corrected chi connectivity index (χ4v) is 3.83. The van der Waals surface area contributed by atoms with Gasteiger partial charge in [-0.2, -0.15) is 4.31 Å². The maximum atomic E-state index is 12.8. The van der Waals surface area contributed by atoms with Crippen LogP contribution < -0.4 is 11.2 Å². The molecule has 7 nitrogen and oxygen atoms in total. The zero-order valence-electron chi connectivity index (χ0n) is 13.3. The van der Waals surface area contributed by atoms with Gasteiger partial charge in [0.2, 0.25) is 10.0 Å². The lowest BCUT2D eigenvalue weighted by Gasteiger charge is -2.20. The molecule has 0 fully saturated rings. The van der Waals surface area contributed by atoms with Crippen LogP contribution in [0.5, 0.6) is 0 Å². The Balaban J connectivity index is 2.52. The first kappa shape index (κ1) is 17.2. The number of nitrogens with zero attached hydrogens (tertiary/aromatic N) is 3. The Morgan fingerprint density at radius 3 is 2.26 bits per heavy atom. The van der Waals surface area contributed by atoms with Crippen molar-refractivity contribution in [2.75, 3.05) is 6.54 Å². The molecule has 0 radical (unpaired) electrons. The molecular formula is C15H19N3O4S. The van der Waals surface area contributed by atoms with Gasteiger partial charge in [-0.05, 0) is 5.56 Å². The van der Waals surface area contributed by atoms with Gasteiger partial charge in [0.1, 0.15) is 0 Å². The Morgan fingerprint density at radius 2 is 1.70 bits per heavy atom. The zero-order valence-corrected chi connectivity index (χ0v) is 14.1. The number of sulfonamides is 1. The molecule has 0 aliphatic carbocycles. The average molecular weight is 337 g/mol. The molecule has 1 aromatic carbocycles. The lowest BCUT2D eigenvalue weighted by molar-refractivity contribution is 0.421. The normalized spacial score (nSPS) is 11.8. The molecule has 0 bridgehead atoms. The molecule has 0 unspecified atom stereocenters. The summed E-state index contributed by atoms with van der Waals surface area (Å²) in [6.07, 6.45) is 1.08. The average Bonchev–Trinajstić information content (AvgIpc) is 2.54. The second-order valence-electron chi connectivity index (χ2n) is 5.17. The molecule has 1 aromatic heterocycles. The van der Waals surface area contributed by atoms with E-state index in [-0.39, 0.29) is 13.1 Å². The van der Waals surface area contributed by atoms with Gasteiger partial charge in [-0.3, -0.25) is 9.36 Å². The summed E-state index contributed by atoms with van der Waals surface area (Å²) in [5, 5.41) is 0. The molecular weight excluding hydrogens is 318 g/mol. The van der Waals surface area contributed by atoms with Crippen molar-refractivity contribution in [2.24, 2.45) is 14.1 Å². The lowest BCUT2D eigenvalue weighted by atomic mass is 10.2. The van der Waals surface area contributed by atoms with Gasteiger partial charge in [-0.15, -0.1) is 0 Å². The Kier molecular flexibility index (Phi) is 4.86. The van der Waals surface area contributed by atoms with E-state index in [9.17, 15) is 18.0 Å². The summed E-state index contributed by atoms with van der Waals surface area (Å²) < 4.78 is 28.7. The number of aryl methyl sites for hydroxylation is 1. The minimum Gasteiger partial charge on any atom is -0.302 e. The summed E-state index contributed by atoms with van der Waals surface area (Å²) in [7, 11) is -1.33. The fourth-order valence-electron chi connectivity index (χ4n) is 2.24. The van der Waals surface area contributed by atoms with Crippen molar-refractivity contribution in [1.82, 2.24) is 13.4 Å². The van der Waals surface area contributed by atoms with Gasteiger partial charge < -0.3 is 4.57 Å². The minimum atomic E-state index is -4.00. The van der Waals surface area contributed by atoms with E-state index in [1.807, 2.05) is 30.3 Å². The van der Waals surface area contributed by atoms with Gasteiger partial charge in [0.25, 0.3) is 5.56 Å². The van der Waals surface area contributed by atoms with Crippen LogP contribution in [0.15, 0.2) is 51.0 Å². The molecule has 0 saturated heterocycles. The van der Waals surface area contributed by atoms with Crippen molar-refractivity contribution in [3.05, 3.63) is 62.9 Å². The fraction of sp³-hybridized carbons (Fsp3) is 0.333. The molecule has 2 rings (SSSR count). The zero-order chi connectivity index (χ0) is 17.2. The van der Waals surface area contributed by atoms with Crippen LogP contribution in [0.3, 0.4) is 0 Å². The van der Waals surface area contributed by atoms with Crippen LogP contribution in [0.4, 0.5) is 0 Å². The Labute approximate surface area is 134 Å². The van der Waals surface area contributed by atoms with E-state index in [0.717, 1.165) is 20.9 Å². The lowest BCUT2D eigenvalue weighted by Crippen LogP contribution is -2.42. The van der Waals surface area contributed by atoms with Gasteiger partial charge in [-0.25, -0.2) is 13.2 Å². The highest BCUT2D eigenvalue weighted by molar-refractivity contribution is 7.89. The second-order valence-corrected chi connectivity index (χ2v) is 7.07. The quantitative estimate of drug-likeness (QED) is 0.785. The van der Waals surface area contributed by atoms with Gasteiger partial charge in [-0.1, -0.05) is 37.3 Å². The third kappa shape index (κ3) is 3.27. The SMILES string of the molecule is CCN(Cc1ccccc1)S(=O)(=O)c1cn(C)c(=O)n(C)c1=O. The molecule has 0 atom stereocenters. The van der Waals surface area contributed by atoms with Crippen molar-refractivity contribution in [3.63, 3.8) is 0 Å². The molecule has 2 aromatic rings. The topological polar surface area (TPSA) is 81.4 Å². The molecule has 0 saturated carbocycles. The highest BCUT2D eigenvalue weighted by Gasteiger charge is 2.28. The van der Waals surface area contributed by atoms with E-state index >= 15 is 0 Å². The van der Waals surface area contributed by atoms with Crippen molar-refractivity contribution >= 4 is 10.0 Å². The Bertz CT molecular complexity index is 914. The molecule has 0 aliphatic rings. The smallest absolute Gasteiger partial charge is 0.302 e. The summed E-state index contributed by atoms with van der Waals surface area (Å²) >= 11 is 0. The predicted molar refractivity (Wildman–Crippen MR) is 86.6 cm³/mol. The third-order valence-corrected chi connectivity index (χ3v) is 5.49. The number of aromatic nitrogens is 2.